The Morgan fingerprint density at radius 2 is 1.74 bits per heavy atom. The first kappa shape index (κ1) is 24.1. The minimum atomic E-state index is -0.750. The van der Waals surface area contributed by atoms with Gasteiger partial charge in [-0.1, -0.05) is 48.9 Å². The summed E-state index contributed by atoms with van der Waals surface area (Å²) in [6.45, 7) is 2.86. The molecule has 2 aromatic heterocycles. The molecule has 4 rings (SSSR count). The molecular formula is C26H23ClN4O4. The van der Waals surface area contributed by atoms with Crippen molar-refractivity contribution >= 4 is 39.8 Å². The molecule has 0 bridgehead atoms. The van der Waals surface area contributed by atoms with Crippen molar-refractivity contribution < 1.29 is 14.4 Å². The van der Waals surface area contributed by atoms with E-state index in [0.29, 0.717) is 27.1 Å². The third kappa shape index (κ3) is 4.65. The number of aromatic nitrogens is 3. The fraction of sp³-hybridized carbons (Fsp3) is 0.192. The van der Waals surface area contributed by atoms with Gasteiger partial charge in [0.05, 0.1) is 17.9 Å². The second-order valence-electron chi connectivity index (χ2n) is 8.19. The van der Waals surface area contributed by atoms with Gasteiger partial charge in [0, 0.05) is 22.4 Å². The molecule has 0 unspecified atom stereocenters. The normalized spacial score (nSPS) is 11.1. The maximum Gasteiger partial charge on any atom is 0.267 e. The van der Waals surface area contributed by atoms with Crippen LogP contribution in [0, 0.1) is 0 Å². The van der Waals surface area contributed by atoms with Gasteiger partial charge in [-0.05, 0) is 42.1 Å². The van der Waals surface area contributed by atoms with E-state index in [-0.39, 0.29) is 42.5 Å². The molecule has 8 nitrogen and oxygen atoms in total. The Morgan fingerprint density at radius 3 is 2.37 bits per heavy atom. The lowest BCUT2D eigenvalue weighted by Crippen LogP contribution is -2.28. The molecule has 0 saturated carbocycles. The zero-order valence-electron chi connectivity index (χ0n) is 19.2. The Bertz CT molecular complexity index is 1540. The highest BCUT2D eigenvalue weighted by molar-refractivity contribution is 6.31. The number of nitrogens with two attached hydrogens (primary N) is 1. The number of halogens is 1. The van der Waals surface area contributed by atoms with E-state index in [1.54, 1.807) is 25.1 Å². The van der Waals surface area contributed by atoms with E-state index in [4.69, 9.17) is 17.3 Å². The predicted molar refractivity (Wildman–Crippen MR) is 134 cm³/mol. The Labute approximate surface area is 205 Å². The molecule has 4 aromatic rings. The summed E-state index contributed by atoms with van der Waals surface area (Å²) in [6, 6.07) is 15.7. The lowest BCUT2D eigenvalue weighted by Gasteiger charge is -2.19. The number of primary amides is 1. The van der Waals surface area contributed by atoms with Crippen LogP contribution < -0.4 is 11.3 Å². The SMILES string of the molecule is CCC(=O)c1c(-c2ccccc2)c2cc(Cl)ccc2c(=O)n1Cc1cc(C(N)=O)n(CC(C)=O)n1. The highest BCUT2D eigenvalue weighted by Crippen LogP contribution is 2.33. The van der Waals surface area contributed by atoms with Gasteiger partial charge in [0.1, 0.15) is 12.2 Å². The molecule has 0 radical (unpaired) electrons. The molecule has 2 heterocycles. The fourth-order valence-corrected chi connectivity index (χ4v) is 4.34. The van der Waals surface area contributed by atoms with Crippen LogP contribution in [-0.4, -0.2) is 31.8 Å². The molecule has 9 heteroatoms. The minimum Gasteiger partial charge on any atom is -0.364 e. The molecule has 0 aliphatic heterocycles. The molecule has 0 spiro atoms. The van der Waals surface area contributed by atoms with Crippen molar-refractivity contribution in [3.63, 3.8) is 0 Å². The molecule has 178 valence electrons. The number of hydrogen-bond donors (Lipinski definition) is 1. The number of Topliss-reactive ketones (excluding diaryl/α,β-unsaturated/α-hetero) is 2. The average Bonchev–Trinajstić information content (AvgIpc) is 3.22. The number of nitrogens with zero attached hydrogens (tertiary/aromatic N) is 3. The number of hydrogen-bond acceptors (Lipinski definition) is 5. The number of fused-ring (bicyclic) bond motifs is 1. The quantitative estimate of drug-likeness (QED) is 0.376. The summed E-state index contributed by atoms with van der Waals surface area (Å²) in [4.78, 5) is 50.5. The van der Waals surface area contributed by atoms with Gasteiger partial charge in [0.15, 0.2) is 11.6 Å². The van der Waals surface area contributed by atoms with Gasteiger partial charge < -0.3 is 5.73 Å². The summed E-state index contributed by atoms with van der Waals surface area (Å²) in [5, 5.41) is 5.73. The predicted octanol–water partition coefficient (Wildman–Crippen LogP) is 3.85. The van der Waals surface area contributed by atoms with E-state index < -0.39 is 11.5 Å². The van der Waals surface area contributed by atoms with Crippen LogP contribution in [0.1, 0.15) is 46.9 Å². The van der Waals surface area contributed by atoms with Crippen molar-refractivity contribution in [2.45, 2.75) is 33.4 Å². The van der Waals surface area contributed by atoms with Crippen LogP contribution in [0.2, 0.25) is 5.02 Å². The lowest BCUT2D eigenvalue weighted by atomic mass is 9.94. The summed E-state index contributed by atoms with van der Waals surface area (Å²) < 4.78 is 2.58. The standard InChI is InChI=1S/C26H23ClN4O4/c1-3-22(33)24-23(16-7-5-4-6-8-16)20-11-17(27)9-10-19(20)26(35)30(24)14-18-12-21(25(28)34)31(29-18)13-15(2)32/h4-12H,3,13-14H2,1-2H3,(H2,28,34). The molecule has 0 aliphatic rings. The molecule has 1 amide bonds. The molecule has 2 N–H and O–H groups in total. The summed E-state index contributed by atoms with van der Waals surface area (Å²) in [5.74, 6) is -1.20. The van der Waals surface area contributed by atoms with Gasteiger partial charge in [-0.2, -0.15) is 5.10 Å². The van der Waals surface area contributed by atoms with Gasteiger partial charge in [0.2, 0.25) is 0 Å². The first-order chi connectivity index (χ1) is 16.7. The molecule has 0 fully saturated rings. The summed E-state index contributed by atoms with van der Waals surface area (Å²) in [5.41, 5.74) is 7.01. The number of amides is 1. The molecule has 0 aliphatic carbocycles. The molecule has 35 heavy (non-hydrogen) atoms. The first-order valence-electron chi connectivity index (χ1n) is 11.0. The van der Waals surface area contributed by atoms with E-state index in [2.05, 4.69) is 5.10 Å². The summed E-state index contributed by atoms with van der Waals surface area (Å²) >= 11 is 6.28. The van der Waals surface area contributed by atoms with Crippen LogP contribution in [0.25, 0.3) is 21.9 Å². The Balaban J connectivity index is 2.04. The second-order valence-corrected chi connectivity index (χ2v) is 8.63. The maximum atomic E-state index is 13.7. The minimum absolute atomic E-state index is 0.0440. The number of rotatable bonds is 8. The van der Waals surface area contributed by atoms with E-state index in [1.807, 2.05) is 30.3 Å². The van der Waals surface area contributed by atoms with Crippen LogP contribution in [0.15, 0.2) is 59.4 Å². The number of carbonyl (C=O) groups excluding carboxylic acids is 3. The second kappa shape index (κ2) is 9.68. The van der Waals surface area contributed by atoms with Gasteiger partial charge in [-0.3, -0.25) is 28.4 Å². The molecule has 2 aromatic carbocycles. The van der Waals surface area contributed by atoms with Crippen LogP contribution >= 0.6 is 11.6 Å². The van der Waals surface area contributed by atoms with Gasteiger partial charge >= 0.3 is 0 Å². The molecule has 0 atom stereocenters. The van der Waals surface area contributed by atoms with Crippen LogP contribution in [0.5, 0.6) is 0 Å². The van der Waals surface area contributed by atoms with Crippen LogP contribution in [0.3, 0.4) is 0 Å². The fourth-order valence-electron chi connectivity index (χ4n) is 4.16. The Morgan fingerprint density at radius 1 is 1.03 bits per heavy atom. The largest absolute Gasteiger partial charge is 0.364 e. The molecule has 0 saturated heterocycles. The lowest BCUT2D eigenvalue weighted by molar-refractivity contribution is -0.117. The van der Waals surface area contributed by atoms with Crippen molar-refractivity contribution in [2.75, 3.05) is 0 Å². The number of pyridine rings is 1. The third-order valence-corrected chi connectivity index (χ3v) is 5.89. The Hall–Kier alpha value is -4.04. The zero-order chi connectivity index (χ0) is 25.3. The van der Waals surface area contributed by atoms with E-state index in [1.165, 1.54) is 22.2 Å². The van der Waals surface area contributed by atoms with Crippen molar-refractivity contribution in [1.82, 2.24) is 14.3 Å². The average molecular weight is 491 g/mol. The Kier molecular flexibility index (Phi) is 6.66. The smallest absolute Gasteiger partial charge is 0.267 e. The zero-order valence-corrected chi connectivity index (χ0v) is 20.0. The van der Waals surface area contributed by atoms with Gasteiger partial charge in [0.25, 0.3) is 11.5 Å². The van der Waals surface area contributed by atoms with Crippen molar-refractivity contribution in [3.05, 3.63) is 87.1 Å². The van der Waals surface area contributed by atoms with Crippen molar-refractivity contribution in [1.29, 1.82) is 0 Å². The first-order valence-corrected chi connectivity index (χ1v) is 11.4. The summed E-state index contributed by atoms with van der Waals surface area (Å²) in [7, 11) is 0. The molecular weight excluding hydrogens is 468 g/mol. The van der Waals surface area contributed by atoms with E-state index >= 15 is 0 Å². The van der Waals surface area contributed by atoms with Crippen molar-refractivity contribution in [3.8, 4) is 11.1 Å². The summed E-state index contributed by atoms with van der Waals surface area (Å²) in [6.07, 6.45) is 0.163. The number of benzene rings is 2. The topological polar surface area (TPSA) is 117 Å². The highest BCUT2D eigenvalue weighted by atomic mass is 35.5. The van der Waals surface area contributed by atoms with Crippen LogP contribution in [0.4, 0.5) is 0 Å². The van der Waals surface area contributed by atoms with Crippen LogP contribution in [-0.2, 0) is 17.9 Å². The van der Waals surface area contributed by atoms with Crippen molar-refractivity contribution in [2.24, 2.45) is 5.73 Å². The monoisotopic (exact) mass is 490 g/mol. The van der Waals surface area contributed by atoms with E-state index in [9.17, 15) is 19.2 Å². The highest BCUT2D eigenvalue weighted by Gasteiger charge is 2.24. The van der Waals surface area contributed by atoms with Gasteiger partial charge in [-0.15, -0.1) is 0 Å². The third-order valence-electron chi connectivity index (χ3n) is 5.66. The maximum absolute atomic E-state index is 13.7. The number of ketones is 2. The van der Waals surface area contributed by atoms with E-state index in [0.717, 1.165) is 5.56 Å². The number of carbonyl (C=O) groups is 3. The van der Waals surface area contributed by atoms with Gasteiger partial charge in [-0.25, -0.2) is 0 Å².